The summed E-state index contributed by atoms with van der Waals surface area (Å²) < 4.78 is 0. The third-order valence-electron chi connectivity index (χ3n) is 2.86. The Balaban J connectivity index is 3.55. The maximum Gasteiger partial charge on any atom is 0.230 e. The molecule has 0 spiro atoms. The average molecular weight is 274 g/mol. The normalized spacial score (nSPS) is 14.6. The number of hydrogen-bond acceptors (Lipinski definition) is 3. The van der Waals surface area contributed by atoms with E-state index in [1.54, 1.807) is 11.8 Å². The minimum absolute atomic E-state index is 0.154. The third-order valence-corrected chi connectivity index (χ3v) is 4.13. The first-order valence-electron chi connectivity index (χ1n) is 7.02. The topological polar surface area (TPSA) is 55.1 Å². The molecule has 0 aliphatic heterocycles. The SMILES string of the molecule is CC(C)CCCC(C)NC(=O)CSCC(C)CN. The van der Waals surface area contributed by atoms with Gasteiger partial charge in [0.1, 0.15) is 0 Å². The highest BCUT2D eigenvalue weighted by Crippen LogP contribution is 2.09. The second-order valence-electron chi connectivity index (χ2n) is 5.65. The van der Waals surface area contributed by atoms with Crippen LogP contribution in [0.4, 0.5) is 0 Å². The molecule has 0 saturated heterocycles. The van der Waals surface area contributed by atoms with Gasteiger partial charge in [0.25, 0.3) is 0 Å². The van der Waals surface area contributed by atoms with E-state index in [4.69, 9.17) is 5.73 Å². The van der Waals surface area contributed by atoms with Gasteiger partial charge >= 0.3 is 0 Å². The number of hydrogen-bond donors (Lipinski definition) is 2. The maximum absolute atomic E-state index is 11.7. The number of amides is 1. The van der Waals surface area contributed by atoms with Crippen LogP contribution in [0.2, 0.25) is 0 Å². The van der Waals surface area contributed by atoms with Crippen molar-refractivity contribution in [3.05, 3.63) is 0 Å². The molecule has 0 saturated carbocycles. The molecule has 0 bridgehead atoms. The van der Waals surface area contributed by atoms with Crippen LogP contribution in [0.25, 0.3) is 0 Å². The largest absolute Gasteiger partial charge is 0.353 e. The van der Waals surface area contributed by atoms with E-state index in [0.717, 1.165) is 18.1 Å². The lowest BCUT2D eigenvalue weighted by atomic mass is 10.0. The van der Waals surface area contributed by atoms with Crippen molar-refractivity contribution in [1.29, 1.82) is 0 Å². The highest BCUT2D eigenvalue weighted by Gasteiger charge is 2.08. The van der Waals surface area contributed by atoms with Gasteiger partial charge in [-0.1, -0.05) is 33.6 Å². The molecule has 18 heavy (non-hydrogen) atoms. The van der Waals surface area contributed by atoms with E-state index in [-0.39, 0.29) is 5.91 Å². The average Bonchev–Trinajstić information content (AvgIpc) is 2.28. The Morgan fingerprint density at radius 3 is 2.44 bits per heavy atom. The van der Waals surface area contributed by atoms with Crippen molar-refractivity contribution in [2.75, 3.05) is 18.1 Å². The van der Waals surface area contributed by atoms with Crippen molar-refractivity contribution < 1.29 is 4.79 Å². The van der Waals surface area contributed by atoms with E-state index in [9.17, 15) is 4.79 Å². The summed E-state index contributed by atoms with van der Waals surface area (Å²) in [4.78, 5) is 11.7. The zero-order chi connectivity index (χ0) is 14.0. The fraction of sp³-hybridized carbons (Fsp3) is 0.929. The Labute approximate surface area is 117 Å². The molecule has 0 aromatic rings. The highest BCUT2D eigenvalue weighted by atomic mass is 32.2. The summed E-state index contributed by atoms with van der Waals surface area (Å²) in [7, 11) is 0. The van der Waals surface area contributed by atoms with Crippen LogP contribution in [0.3, 0.4) is 0 Å². The van der Waals surface area contributed by atoms with Crippen molar-refractivity contribution in [3.63, 3.8) is 0 Å². The molecule has 0 aliphatic rings. The Morgan fingerprint density at radius 1 is 1.22 bits per heavy atom. The van der Waals surface area contributed by atoms with Crippen LogP contribution >= 0.6 is 11.8 Å². The van der Waals surface area contributed by atoms with Crippen molar-refractivity contribution in [2.45, 2.75) is 53.0 Å². The van der Waals surface area contributed by atoms with Gasteiger partial charge in [0.05, 0.1) is 5.75 Å². The first-order chi connectivity index (χ1) is 8.45. The smallest absolute Gasteiger partial charge is 0.230 e. The molecule has 0 radical (unpaired) electrons. The number of nitrogens with two attached hydrogens (primary N) is 1. The summed E-state index contributed by atoms with van der Waals surface area (Å²) in [6.45, 7) is 9.36. The number of carbonyl (C=O) groups excluding carboxylic acids is 1. The van der Waals surface area contributed by atoms with E-state index >= 15 is 0 Å². The molecule has 0 heterocycles. The quantitative estimate of drug-likeness (QED) is 0.644. The van der Waals surface area contributed by atoms with Crippen molar-refractivity contribution in [2.24, 2.45) is 17.6 Å². The van der Waals surface area contributed by atoms with Gasteiger partial charge in [-0.05, 0) is 37.5 Å². The Kier molecular flexibility index (Phi) is 10.5. The standard InChI is InChI=1S/C14H30N2OS/c1-11(2)6-5-7-13(4)16-14(17)10-18-9-12(3)8-15/h11-13H,5-10,15H2,1-4H3,(H,16,17). The summed E-state index contributed by atoms with van der Waals surface area (Å²) in [5.41, 5.74) is 5.53. The van der Waals surface area contributed by atoms with E-state index in [1.165, 1.54) is 12.8 Å². The highest BCUT2D eigenvalue weighted by molar-refractivity contribution is 7.99. The summed E-state index contributed by atoms with van der Waals surface area (Å²) >= 11 is 1.67. The molecule has 3 N–H and O–H groups in total. The minimum atomic E-state index is 0.154. The second-order valence-corrected chi connectivity index (χ2v) is 6.68. The Bertz CT molecular complexity index is 222. The van der Waals surface area contributed by atoms with Crippen molar-refractivity contribution in [1.82, 2.24) is 5.32 Å². The van der Waals surface area contributed by atoms with Gasteiger partial charge in [-0.25, -0.2) is 0 Å². The van der Waals surface area contributed by atoms with E-state index in [0.29, 0.717) is 24.3 Å². The number of nitrogens with one attached hydrogen (secondary N) is 1. The molecule has 0 aromatic heterocycles. The van der Waals surface area contributed by atoms with Gasteiger partial charge in [-0.2, -0.15) is 11.8 Å². The molecule has 1 amide bonds. The summed E-state index contributed by atoms with van der Waals surface area (Å²) in [6, 6.07) is 0.295. The van der Waals surface area contributed by atoms with Crippen molar-refractivity contribution in [3.8, 4) is 0 Å². The molecular weight excluding hydrogens is 244 g/mol. The first-order valence-corrected chi connectivity index (χ1v) is 8.18. The summed E-state index contributed by atoms with van der Waals surface area (Å²) in [6.07, 6.45) is 3.51. The molecule has 0 aliphatic carbocycles. The fourth-order valence-corrected chi connectivity index (χ4v) is 2.57. The molecule has 0 fully saturated rings. The lowest BCUT2D eigenvalue weighted by Gasteiger charge is -2.15. The minimum Gasteiger partial charge on any atom is -0.353 e. The number of carbonyl (C=O) groups is 1. The molecular formula is C14H30N2OS. The zero-order valence-corrected chi connectivity index (χ0v) is 13.2. The molecule has 0 rings (SSSR count). The van der Waals surface area contributed by atoms with Gasteiger partial charge in [0, 0.05) is 6.04 Å². The fourth-order valence-electron chi connectivity index (χ4n) is 1.64. The molecule has 2 atom stereocenters. The van der Waals surface area contributed by atoms with E-state index in [2.05, 4.69) is 33.0 Å². The predicted octanol–water partition coefficient (Wildman–Crippen LogP) is 2.65. The molecule has 108 valence electrons. The Hall–Kier alpha value is -0.220. The van der Waals surface area contributed by atoms with Crippen LogP contribution in [0.1, 0.15) is 47.0 Å². The molecule has 3 nitrogen and oxygen atoms in total. The number of rotatable bonds is 10. The van der Waals surface area contributed by atoms with Gasteiger partial charge in [-0.15, -0.1) is 0 Å². The van der Waals surface area contributed by atoms with Crippen molar-refractivity contribution >= 4 is 17.7 Å². The van der Waals surface area contributed by atoms with Crippen LogP contribution in [0, 0.1) is 11.8 Å². The molecule has 2 unspecified atom stereocenters. The molecule has 0 aromatic carbocycles. The van der Waals surface area contributed by atoms with Crippen LogP contribution in [0.5, 0.6) is 0 Å². The van der Waals surface area contributed by atoms with Gasteiger partial charge in [0.15, 0.2) is 0 Å². The lowest BCUT2D eigenvalue weighted by molar-refractivity contribution is -0.119. The maximum atomic E-state index is 11.7. The third kappa shape index (κ3) is 10.9. The van der Waals surface area contributed by atoms with E-state index < -0.39 is 0 Å². The lowest BCUT2D eigenvalue weighted by Crippen LogP contribution is -2.34. The van der Waals surface area contributed by atoms with Crippen LogP contribution in [0.15, 0.2) is 0 Å². The monoisotopic (exact) mass is 274 g/mol. The summed E-state index contributed by atoms with van der Waals surface area (Å²) in [5.74, 6) is 2.92. The van der Waals surface area contributed by atoms with Crippen LogP contribution in [-0.4, -0.2) is 30.0 Å². The second kappa shape index (κ2) is 10.7. The first kappa shape index (κ1) is 17.8. The predicted molar refractivity (Wildman–Crippen MR) is 81.8 cm³/mol. The zero-order valence-electron chi connectivity index (χ0n) is 12.4. The Morgan fingerprint density at radius 2 is 1.89 bits per heavy atom. The van der Waals surface area contributed by atoms with Gasteiger partial charge < -0.3 is 11.1 Å². The summed E-state index contributed by atoms with van der Waals surface area (Å²) in [5, 5.41) is 3.05. The van der Waals surface area contributed by atoms with E-state index in [1.807, 2.05) is 0 Å². The number of thioether (sulfide) groups is 1. The van der Waals surface area contributed by atoms with Crippen LogP contribution < -0.4 is 11.1 Å². The van der Waals surface area contributed by atoms with Crippen LogP contribution in [-0.2, 0) is 4.79 Å². The van der Waals surface area contributed by atoms with Gasteiger partial charge in [0.2, 0.25) is 5.91 Å². The van der Waals surface area contributed by atoms with Gasteiger partial charge in [-0.3, -0.25) is 4.79 Å². The molecule has 4 heteroatoms.